The van der Waals surface area contributed by atoms with Crippen LogP contribution in [-0.2, 0) is 18.8 Å². The molecule has 7 N–H and O–H groups in total. The number of ether oxygens (including phenoxy) is 3. The van der Waals surface area contributed by atoms with Gasteiger partial charge in [-0.3, -0.25) is 9.78 Å². The maximum absolute atomic E-state index is 10.2. The van der Waals surface area contributed by atoms with Crippen LogP contribution in [0.15, 0.2) is 47.4 Å². The minimum absolute atomic E-state index is 0.0394. The summed E-state index contributed by atoms with van der Waals surface area (Å²) in [5.41, 5.74) is 9.82. The molecule has 1 aliphatic heterocycles. The Morgan fingerprint density at radius 3 is 2.00 bits per heavy atom. The normalized spacial score (nSPS) is 18.3. The lowest BCUT2D eigenvalue weighted by Gasteiger charge is -2.16. The van der Waals surface area contributed by atoms with Crippen molar-refractivity contribution in [2.24, 2.45) is 5.73 Å². The standard InChI is InChI=1S/C7H15O3P.C7H8O.C4H5N3O.C4H9NO2.C2H6.CH4O/c1-4-6(8)3-7(9-4)5(2)10-11;1-8-7-5-3-2-4-6-7;5-3-1-2-6-4(8)7-3;1-3(5)4(6)7-2;2*1-2/h4-8H,3,11H2,1-2H3;2-6H,1H3;1-2H,(H3,5,6,7,8);3H,5H2,1-2H3;1-2H3;2H,1H3/t4-,5?,6?,7?;;;3-;;/m0..1../s1. The number of para-hydroxylation sites is 1. The van der Waals surface area contributed by atoms with Gasteiger partial charge in [-0.05, 0) is 39.0 Å². The van der Waals surface area contributed by atoms with Gasteiger partial charge in [0, 0.05) is 29.2 Å². The number of aromatic nitrogens is 2. The Morgan fingerprint density at radius 2 is 1.74 bits per heavy atom. The van der Waals surface area contributed by atoms with Gasteiger partial charge in [-0.2, -0.15) is 0 Å². The van der Waals surface area contributed by atoms with Crippen LogP contribution in [0, 0.1) is 0 Å². The summed E-state index contributed by atoms with van der Waals surface area (Å²) in [5.74, 6) is 0.873. The van der Waals surface area contributed by atoms with E-state index in [9.17, 15) is 14.7 Å². The molecule has 4 unspecified atom stereocenters. The highest BCUT2D eigenvalue weighted by Gasteiger charge is 2.33. The van der Waals surface area contributed by atoms with Gasteiger partial charge in [-0.15, -0.1) is 0 Å². The van der Waals surface area contributed by atoms with Crippen LogP contribution in [0.25, 0.3) is 0 Å². The van der Waals surface area contributed by atoms with E-state index in [1.165, 1.54) is 19.4 Å². The average molecular weight is 563 g/mol. The number of benzene rings is 1. The van der Waals surface area contributed by atoms with Gasteiger partial charge in [0.25, 0.3) is 0 Å². The van der Waals surface area contributed by atoms with Gasteiger partial charge in [-0.1, -0.05) is 32.0 Å². The maximum Gasteiger partial charge on any atom is 0.346 e. The van der Waals surface area contributed by atoms with Crippen molar-refractivity contribution in [2.45, 2.75) is 71.5 Å². The number of nitrogens with one attached hydrogen (secondary N) is 1. The molecular weight excluding hydrogens is 515 g/mol. The number of aromatic amines is 1. The number of anilines is 1. The van der Waals surface area contributed by atoms with Crippen molar-refractivity contribution in [1.82, 2.24) is 9.97 Å². The summed E-state index contributed by atoms with van der Waals surface area (Å²) in [6, 6.07) is 10.7. The van der Waals surface area contributed by atoms with Crippen LogP contribution in [0.3, 0.4) is 0 Å². The lowest BCUT2D eigenvalue weighted by atomic mass is 10.1. The van der Waals surface area contributed by atoms with Crippen LogP contribution < -0.4 is 21.9 Å². The van der Waals surface area contributed by atoms with Gasteiger partial charge in [-0.25, -0.2) is 9.78 Å². The Balaban J connectivity index is -0.000000416. The van der Waals surface area contributed by atoms with Gasteiger partial charge in [0.2, 0.25) is 0 Å². The van der Waals surface area contributed by atoms with E-state index in [1.807, 2.05) is 58.0 Å². The predicted octanol–water partition coefficient (Wildman–Crippen LogP) is 1.91. The number of aliphatic hydroxyl groups is 2. The first-order chi connectivity index (χ1) is 18.0. The molecule has 38 heavy (non-hydrogen) atoms. The molecule has 1 aromatic heterocycles. The third-order valence-electron chi connectivity index (χ3n) is 4.39. The fourth-order valence-corrected chi connectivity index (χ4v) is 2.54. The summed E-state index contributed by atoms with van der Waals surface area (Å²) < 4.78 is 19.6. The molecule has 13 heteroatoms. The van der Waals surface area contributed by atoms with Gasteiger partial charge in [0.15, 0.2) is 0 Å². The van der Waals surface area contributed by atoms with Crippen LogP contribution in [0.2, 0.25) is 0 Å². The van der Waals surface area contributed by atoms with E-state index in [0.717, 1.165) is 12.9 Å². The number of H-pyrrole nitrogens is 1. The number of methoxy groups -OCH3 is 2. The molecule has 1 saturated heterocycles. The van der Waals surface area contributed by atoms with Crippen molar-refractivity contribution in [3.63, 3.8) is 0 Å². The molecule has 0 bridgehead atoms. The first-order valence-electron chi connectivity index (χ1n) is 11.9. The van der Waals surface area contributed by atoms with Crippen LogP contribution >= 0.6 is 9.47 Å². The zero-order valence-electron chi connectivity index (χ0n) is 23.7. The molecule has 2 aromatic rings. The molecule has 12 nitrogen and oxygen atoms in total. The summed E-state index contributed by atoms with van der Waals surface area (Å²) in [6.07, 6.45) is 1.73. The van der Waals surface area contributed by atoms with Gasteiger partial charge in [0.05, 0.1) is 38.6 Å². The molecule has 0 spiro atoms. The summed E-state index contributed by atoms with van der Waals surface area (Å²) >= 11 is 0. The second kappa shape index (κ2) is 26.0. The van der Waals surface area contributed by atoms with E-state index >= 15 is 0 Å². The van der Waals surface area contributed by atoms with Gasteiger partial charge >= 0.3 is 11.7 Å². The van der Waals surface area contributed by atoms with Gasteiger partial charge in [0.1, 0.15) is 17.6 Å². The Labute approximate surface area is 228 Å². The quantitative estimate of drug-likeness (QED) is 0.270. The molecule has 0 aliphatic carbocycles. The lowest BCUT2D eigenvalue weighted by molar-refractivity contribution is -0.141. The highest BCUT2D eigenvalue weighted by molar-refractivity contribution is 7.09. The van der Waals surface area contributed by atoms with Crippen molar-refractivity contribution >= 4 is 21.3 Å². The fourth-order valence-electron chi connectivity index (χ4n) is 2.37. The zero-order valence-corrected chi connectivity index (χ0v) is 24.8. The number of nitrogens with zero attached hydrogens (tertiary/aromatic N) is 1. The van der Waals surface area contributed by atoms with Crippen molar-refractivity contribution in [2.75, 3.05) is 27.1 Å². The predicted molar refractivity (Wildman–Crippen MR) is 153 cm³/mol. The average Bonchev–Trinajstić information content (AvgIpc) is 3.29. The van der Waals surface area contributed by atoms with Crippen LogP contribution in [0.4, 0.5) is 5.82 Å². The SMILES string of the molecule is CC.CC(OP)C1CC(O)[C@H](C)O1.CO.COC(=O)[C@@H](C)N.COc1ccccc1.Nc1ccnc(=O)[nH]1. The monoisotopic (exact) mass is 562 g/mol. The van der Waals surface area contributed by atoms with Gasteiger partial charge < -0.3 is 40.4 Å². The number of nitrogen functional groups attached to an aromatic ring is 1. The maximum atomic E-state index is 10.2. The van der Waals surface area contributed by atoms with Crippen molar-refractivity contribution in [1.29, 1.82) is 0 Å². The van der Waals surface area contributed by atoms with Crippen LogP contribution in [0.5, 0.6) is 5.75 Å². The number of esters is 1. The lowest BCUT2D eigenvalue weighted by Crippen LogP contribution is -2.27. The van der Waals surface area contributed by atoms with Crippen molar-refractivity contribution < 1.29 is 33.7 Å². The Morgan fingerprint density at radius 1 is 1.18 bits per heavy atom. The van der Waals surface area contributed by atoms with Crippen LogP contribution in [-0.4, -0.2) is 77.9 Å². The number of carbonyl (C=O) groups excluding carboxylic acids is 1. The van der Waals surface area contributed by atoms with Crippen molar-refractivity contribution in [3.8, 4) is 5.75 Å². The number of nitrogens with two attached hydrogens (primary N) is 2. The first-order valence-corrected chi connectivity index (χ1v) is 12.4. The molecule has 1 aliphatic rings. The van der Waals surface area contributed by atoms with E-state index in [4.69, 9.17) is 30.6 Å². The molecule has 0 saturated carbocycles. The Hall–Kier alpha value is -2.60. The second-order valence-electron chi connectivity index (χ2n) is 7.18. The Kier molecular flexibility index (Phi) is 27.3. The molecular formula is C25H47N4O8P. The smallest absolute Gasteiger partial charge is 0.346 e. The van der Waals surface area contributed by atoms with Crippen molar-refractivity contribution in [3.05, 3.63) is 53.1 Å². The molecule has 6 atom stereocenters. The molecule has 3 rings (SSSR count). The Bertz CT molecular complexity index is 849. The highest BCUT2D eigenvalue weighted by atomic mass is 31.0. The minimum Gasteiger partial charge on any atom is -0.497 e. The summed E-state index contributed by atoms with van der Waals surface area (Å²) in [5, 5.41) is 16.3. The number of hydrogen-bond donors (Lipinski definition) is 5. The summed E-state index contributed by atoms with van der Waals surface area (Å²) in [6.45, 7) is 9.38. The second-order valence-corrected chi connectivity index (χ2v) is 7.46. The minimum atomic E-state index is -0.495. The molecule has 220 valence electrons. The molecule has 2 heterocycles. The molecule has 0 radical (unpaired) electrons. The molecule has 1 fully saturated rings. The third-order valence-corrected chi connectivity index (χ3v) is 4.82. The summed E-state index contributed by atoms with van der Waals surface area (Å²) in [7, 11) is 6.18. The fraction of sp³-hybridized carbons (Fsp3) is 0.560. The number of aliphatic hydroxyl groups excluding tert-OH is 2. The first kappa shape index (κ1) is 39.9. The largest absolute Gasteiger partial charge is 0.497 e. The third kappa shape index (κ3) is 20.5. The van der Waals surface area contributed by atoms with E-state index in [-0.39, 0.29) is 30.4 Å². The van der Waals surface area contributed by atoms with E-state index in [2.05, 4.69) is 24.2 Å². The highest BCUT2D eigenvalue weighted by Crippen LogP contribution is 2.24. The number of carbonyl (C=O) groups is 1. The molecule has 1 aromatic carbocycles. The van der Waals surface area contributed by atoms with E-state index in [1.54, 1.807) is 14.0 Å². The molecule has 0 amide bonds. The van der Waals surface area contributed by atoms with E-state index in [0.29, 0.717) is 12.2 Å². The topological polar surface area (TPSA) is 192 Å². The van der Waals surface area contributed by atoms with Crippen LogP contribution in [0.1, 0.15) is 41.0 Å². The van der Waals surface area contributed by atoms with E-state index < -0.39 is 11.7 Å². The zero-order chi connectivity index (χ0) is 30.1. The number of rotatable bonds is 4. The number of hydrogen-bond acceptors (Lipinski definition) is 11. The summed E-state index contributed by atoms with van der Waals surface area (Å²) in [4.78, 5) is 26.0.